The third kappa shape index (κ3) is 1.99. The first kappa shape index (κ1) is 2.14. The summed E-state index contributed by atoms with van der Waals surface area (Å²) in [6.45, 7) is -18.3. The molecule has 0 radical (unpaired) electrons. The summed E-state index contributed by atoms with van der Waals surface area (Å²) in [5.41, 5.74) is 3.73. The van der Waals surface area contributed by atoms with Gasteiger partial charge in [-0.15, -0.1) is 0 Å². The highest BCUT2D eigenvalue weighted by molar-refractivity contribution is 5.56. The molecule has 1 aliphatic rings. The average molecular weight is 206 g/mol. The number of likely N-dealkylation sites (N-methyl/N-ethyl adjacent to an activating group) is 1. The van der Waals surface area contributed by atoms with Crippen molar-refractivity contribution in [2.24, 2.45) is 0 Å². The Kier molecular flexibility index (Phi) is 0.594. The molecular weight excluding hydrogens is 174 g/mol. The minimum atomic E-state index is -3.69. The Labute approximate surface area is 106 Å². The molecule has 1 saturated heterocycles. The highest BCUT2D eigenvalue weighted by Crippen LogP contribution is 2.18. The molecule has 0 atom stereocenters. The molecule has 0 unspecified atom stereocenters. The summed E-state index contributed by atoms with van der Waals surface area (Å²) in [7, 11) is 0. The van der Waals surface area contributed by atoms with Gasteiger partial charge in [-0.25, -0.2) is 0 Å². The van der Waals surface area contributed by atoms with E-state index in [2.05, 4.69) is 0 Å². The third-order valence-corrected chi connectivity index (χ3v) is 1.40. The molecule has 1 fully saturated rings. The highest BCUT2D eigenvalue weighted by atomic mass is 15.2. The maximum atomic E-state index is 8.16. The van der Waals surface area contributed by atoms with Gasteiger partial charge in [0.05, 0.1) is 11.0 Å². The Bertz CT molecular complexity index is 788. The first-order valence-electron chi connectivity index (χ1n) is 11.1. The monoisotopic (exact) mass is 206 g/mol. The van der Waals surface area contributed by atoms with Gasteiger partial charge in [-0.1, -0.05) is 6.04 Å². The number of hydrogen-bond donors (Lipinski definition) is 1. The lowest BCUT2D eigenvalue weighted by molar-refractivity contribution is 0.313. The minimum absolute atomic E-state index is 0.208. The minimum Gasteiger partial charge on any atom is -0.399 e. The van der Waals surface area contributed by atoms with Crippen molar-refractivity contribution in [1.29, 1.82) is 0 Å². The fraction of sp³-hybridized carbons (Fsp3) is 0.455. The van der Waals surface area contributed by atoms with Crippen LogP contribution in [-0.4, -0.2) is 37.9 Å². The Hall–Kier alpha value is -1.22. The van der Waals surface area contributed by atoms with Gasteiger partial charge in [-0.05, 0) is 25.1 Å². The topological polar surface area (TPSA) is 32.5 Å². The summed E-state index contributed by atoms with van der Waals surface area (Å²) in [6, 6.07) is -3.73. The number of rotatable bonds is 1. The Morgan fingerprint density at radius 1 is 1.43 bits per heavy atom. The van der Waals surface area contributed by atoms with E-state index >= 15 is 0 Å². The van der Waals surface area contributed by atoms with Crippen LogP contribution in [0.4, 0.5) is 11.4 Å². The standard InChI is InChI=1S/C11H17N3/c1-13-5-7-14(8-6-13)11-4-2-3-10(12)9-11/h2-4,9H,5-8,12H2,1H3/i1D3,2D,3D,4D,5D2,6D2,7D2,8D2,9D. The number of hydrogen-bond acceptors (Lipinski definition) is 3. The van der Waals surface area contributed by atoms with Gasteiger partial charge in [0.15, 0.2) is 0 Å². The normalized spacial score (nSPS) is 49.4. The first-order valence-corrected chi connectivity index (χ1v) is 3.63. The zero-order valence-corrected chi connectivity index (χ0v) is 6.97. The molecule has 1 aromatic rings. The SMILES string of the molecule is [2H]c1c([2H])c(N)c([2H])c(N2C([2H])([2H])C([2H])([2H])N(C([2H])([2H])[2H])C([2H])([2H])C2([2H])[2H])c1[2H]. The molecule has 14 heavy (non-hydrogen) atoms. The van der Waals surface area contributed by atoms with E-state index in [9.17, 15) is 0 Å². The summed E-state index contributed by atoms with van der Waals surface area (Å²) in [5.74, 6) is 0. The molecular formula is C11H17N3. The lowest BCUT2D eigenvalue weighted by Gasteiger charge is -2.34. The zero-order valence-electron chi connectivity index (χ0n) is 22.0. The van der Waals surface area contributed by atoms with Crippen molar-refractivity contribution in [2.45, 2.75) is 0 Å². The van der Waals surface area contributed by atoms with Crippen molar-refractivity contribution >= 4 is 11.4 Å². The molecule has 0 aliphatic carbocycles. The molecule has 0 bridgehead atoms. The fourth-order valence-corrected chi connectivity index (χ4v) is 0.827. The van der Waals surface area contributed by atoms with Crippen molar-refractivity contribution in [3.63, 3.8) is 0 Å². The summed E-state index contributed by atoms with van der Waals surface area (Å²) >= 11 is 0. The molecule has 76 valence electrons. The summed E-state index contributed by atoms with van der Waals surface area (Å²) < 4.78 is 118. The van der Waals surface area contributed by atoms with Gasteiger partial charge in [-0.2, -0.15) is 0 Å². The smallest absolute Gasteiger partial charge is 0.0667 e. The van der Waals surface area contributed by atoms with Crippen LogP contribution in [0.5, 0.6) is 0 Å². The number of benzene rings is 1. The van der Waals surface area contributed by atoms with Crippen LogP contribution in [0.25, 0.3) is 0 Å². The molecule has 0 spiro atoms. The van der Waals surface area contributed by atoms with E-state index < -0.39 is 73.4 Å². The number of anilines is 2. The van der Waals surface area contributed by atoms with Crippen LogP contribution in [-0.2, 0) is 0 Å². The van der Waals surface area contributed by atoms with Gasteiger partial charge in [0.1, 0.15) is 0 Å². The quantitative estimate of drug-likeness (QED) is 0.696. The molecule has 1 aliphatic heterocycles. The van der Waals surface area contributed by atoms with E-state index in [0.717, 1.165) is 0 Å². The van der Waals surface area contributed by atoms with Crippen LogP contribution in [0.15, 0.2) is 24.2 Å². The van der Waals surface area contributed by atoms with Gasteiger partial charge >= 0.3 is 0 Å². The van der Waals surface area contributed by atoms with E-state index in [-0.39, 0.29) is 4.90 Å². The van der Waals surface area contributed by atoms with E-state index in [0.29, 0.717) is 0 Å². The fourth-order valence-electron chi connectivity index (χ4n) is 0.827. The van der Waals surface area contributed by atoms with Crippen molar-refractivity contribution in [3.8, 4) is 0 Å². The molecule has 3 heteroatoms. The largest absolute Gasteiger partial charge is 0.399 e. The van der Waals surface area contributed by atoms with Gasteiger partial charge < -0.3 is 15.5 Å². The van der Waals surface area contributed by atoms with Crippen molar-refractivity contribution in [1.82, 2.24) is 4.90 Å². The predicted molar refractivity (Wildman–Crippen MR) is 60.6 cm³/mol. The van der Waals surface area contributed by atoms with Gasteiger partial charge in [0.25, 0.3) is 0 Å². The van der Waals surface area contributed by atoms with Crippen LogP contribution in [0.3, 0.4) is 0 Å². The molecule has 1 heterocycles. The number of nitrogens with zero attached hydrogens (tertiary/aromatic N) is 2. The molecule has 1 aromatic carbocycles. The van der Waals surface area contributed by atoms with Crippen molar-refractivity contribution in [3.05, 3.63) is 24.2 Å². The number of piperazine rings is 1. The third-order valence-electron chi connectivity index (χ3n) is 1.40. The van der Waals surface area contributed by atoms with Crippen LogP contribution < -0.4 is 10.6 Å². The van der Waals surface area contributed by atoms with Crippen LogP contribution in [0.1, 0.15) is 20.6 Å². The second-order valence-electron chi connectivity index (χ2n) is 2.38. The summed E-state index contributed by atoms with van der Waals surface area (Å²) in [4.78, 5) is -0.749. The van der Waals surface area contributed by atoms with E-state index in [4.69, 9.17) is 26.3 Å². The van der Waals surface area contributed by atoms with Gasteiger partial charge in [-0.3, -0.25) is 0 Å². The summed E-state index contributed by atoms with van der Waals surface area (Å²) in [6.07, 6.45) is 0. The second-order valence-corrected chi connectivity index (χ2v) is 2.38. The maximum Gasteiger partial charge on any atom is 0.0667 e. The molecule has 2 rings (SSSR count). The average Bonchev–Trinajstić information content (AvgIpc) is 2.51. The summed E-state index contributed by atoms with van der Waals surface area (Å²) in [5, 5.41) is 0. The Morgan fingerprint density at radius 2 is 2.21 bits per heavy atom. The lowest BCUT2D eigenvalue weighted by Crippen LogP contribution is -2.44. The van der Waals surface area contributed by atoms with Crippen molar-refractivity contribution in [2.75, 3.05) is 43.6 Å². The van der Waals surface area contributed by atoms with Crippen LogP contribution in [0, 0.1) is 0 Å². The molecule has 3 nitrogen and oxygen atoms in total. The maximum absolute atomic E-state index is 8.16. The molecule has 2 N–H and O–H groups in total. The predicted octanol–water partition coefficient (Wildman–Crippen LogP) is 1.02. The zero-order chi connectivity index (χ0) is 23.1. The number of nitrogens with two attached hydrogens (primary N) is 1. The highest BCUT2D eigenvalue weighted by Gasteiger charge is 2.13. The van der Waals surface area contributed by atoms with Crippen LogP contribution >= 0.6 is 0 Å². The second kappa shape index (κ2) is 3.88. The van der Waals surface area contributed by atoms with Gasteiger partial charge in [0.2, 0.25) is 0 Å². The first-order chi connectivity index (χ1) is 12.7. The van der Waals surface area contributed by atoms with E-state index in [1.54, 1.807) is 0 Å². The van der Waals surface area contributed by atoms with Crippen LogP contribution in [0.2, 0.25) is 0 Å². The molecule has 0 aromatic heterocycles. The lowest BCUT2D eigenvalue weighted by atomic mass is 10.2. The Morgan fingerprint density at radius 3 is 2.93 bits per heavy atom. The number of nitrogen functional groups attached to an aromatic ring is 1. The van der Waals surface area contributed by atoms with Crippen molar-refractivity contribution < 1.29 is 20.6 Å². The molecule has 0 saturated carbocycles. The van der Waals surface area contributed by atoms with Gasteiger partial charge in [0, 0.05) is 47.0 Å². The van der Waals surface area contributed by atoms with E-state index in [1.165, 1.54) is 0 Å². The van der Waals surface area contributed by atoms with E-state index in [1.807, 2.05) is 0 Å². The Balaban J connectivity index is 2.99. The molecule has 0 amide bonds.